The number of halogens is 1. The van der Waals surface area contributed by atoms with Crippen LogP contribution in [0.3, 0.4) is 0 Å². The van der Waals surface area contributed by atoms with E-state index in [2.05, 4.69) is 11.4 Å². The highest BCUT2D eigenvalue weighted by Gasteiger charge is 2.24. The first kappa shape index (κ1) is 24.5. The number of rotatable bonds is 5. The molecule has 2 aromatic carbocycles. The number of amides is 1. The second kappa shape index (κ2) is 10.9. The summed E-state index contributed by atoms with van der Waals surface area (Å²) in [6, 6.07) is 17.5. The summed E-state index contributed by atoms with van der Waals surface area (Å²) in [7, 11) is 0. The van der Waals surface area contributed by atoms with Gasteiger partial charge in [-0.05, 0) is 98.7 Å². The number of aryl methyl sites for hydroxylation is 3. The quantitative estimate of drug-likeness (QED) is 0.269. The smallest absolute Gasteiger partial charge is 0.259 e. The lowest BCUT2D eigenvalue weighted by atomic mass is 9.96. The fraction of sp³-hybridized carbons (Fsp3) is 0.267. The fourth-order valence-corrected chi connectivity index (χ4v) is 5.96. The molecule has 0 fully saturated rings. The predicted octanol–water partition coefficient (Wildman–Crippen LogP) is 8.94. The Hall–Kier alpha value is -3.15. The lowest BCUT2D eigenvalue weighted by Gasteiger charge is -2.13. The molecule has 6 heteroatoms. The van der Waals surface area contributed by atoms with Crippen LogP contribution in [0.5, 0.6) is 0 Å². The predicted molar refractivity (Wildman–Crippen MR) is 150 cm³/mol. The topological polar surface area (TPSA) is 54.6 Å². The summed E-state index contributed by atoms with van der Waals surface area (Å²) >= 11 is 7.65. The molecule has 2 heterocycles. The average molecular weight is 517 g/mol. The van der Waals surface area contributed by atoms with Gasteiger partial charge in [0.1, 0.15) is 16.5 Å². The van der Waals surface area contributed by atoms with E-state index in [1.165, 1.54) is 17.7 Å². The lowest BCUT2D eigenvalue weighted by molar-refractivity contribution is 0.102. The number of hydrogen-bond donors (Lipinski definition) is 1. The van der Waals surface area contributed by atoms with Crippen molar-refractivity contribution in [2.24, 2.45) is 4.99 Å². The average Bonchev–Trinajstić information content (AvgIpc) is 3.45. The van der Waals surface area contributed by atoms with Crippen molar-refractivity contribution in [3.05, 3.63) is 92.5 Å². The zero-order chi connectivity index (χ0) is 25.1. The molecule has 0 spiro atoms. The third-order valence-corrected chi connectivity index (χ3v) is 8.04. The highest BCUT2D eigenvalue weighted by atomic mass is 35.5. The first-order chi connectivity index (χ1) is 17.5. The summed E-state index contributed by atoms with van der Waals surface area (Å²) in [5, 5.41) is 4.60. The minimum absolute atomic E-state index is 0.0878. The van der Waals surface area contributed by atoms with Gasteiger partial charge in [-0.1, -0.05) is 36.6 Å². The summed E-state index contributed by atoms with van der Waals surface area (Å²) in [6.07, 6.45) is 8.31. The van der Waals surface area contributed by atoms with Gasteiger partial charge in [0.15, 0.2) is 0 Å². The molecule has 4 aromatic rings. The Morgan fingerprint density at radius 1 is 1.00 bits per heavy atom. The molecule has 0 atom stereocenters. The van der Waals surface area contributed by atoms with E-state index in [0.29, 0.717) is 16.3 Å². The molecule has 1 aliphatic carbocycles. The van der Waals surface area contributed by atoms with E-state index in [4.69, 9.17) is 21.0 Å². The molecule has 0 saturated heterocycles. The van der Waals surface area contributed by atoms with Crippen LogP contribution < -0.4 is 5.32 Å². The summed E-state index contributed by atoms with van der Waals surface area (Å²) in [4.78, 5) is 19.7. The minimum atomic E-state index is -0.0878. The van der Waals surface area contributed by atoms with E-state index >= 15 is 0 Å². The van der Waals surface area contributed by atoms with Crippen molar-refractivity contribution in [1.82, 2.24) is 0 Å². The normalized spacial score (nSPS) is 13.9. The van der Waals surface area contributed by atoms with Crippen LogP contribution in [0.2, 0.25) is 5.02 Å². The number of carbonyl (C=O) groups is 1. The van der Waals surface area contributed by atoms with E-state index < -0.39 is 0 Å². The van der Waals surface area contributed by atoms with Gasteiger partial charge in [0.05, 0.1) is 11.8 Å². The highest BCUT2D eigenvalue weighted by molar-refractivity contribution is 7.16. The maximum Gasteiger partial charge on any atom is 0.259 e. The lowest BCUT2D eigenvalue weighted by Crippen LogP contribution is -2.15. The third-order valence-electron chi connectivity index (χ3n) is 6.59. The Kier molecular flexibility index (Phi) is 7.40. The molecule has 0 aliphatic heterocycles. The second-order valence-corrected chi connectivity index (χ2v) is 10.9. The number of nitrogens with one attached hydrogen (secondary N) is 1. The number of aliphatic imine (C=N–C) groups is 1. The van der Waals surface area contributed by atoms with Crippen LogP contribution in [0.25, 0.3) is 11.3 Å². The van der Waals surface area contributed by atoms with Gasteiger partial charge in [-0.2, -0.15) is 0 Å². The summed E-state index contributed by atoms with van der Waals surface area (Å²) in [6.45, 7) is 4.05. The Morgan fingerprint density at radius 2 is 1.78 bits per heavy atom. The van der Waals surface area contributed by atoms with Crippen LogP contribution in [-0.2, 0) is 12.8 Å². The molecule has 36 heavy (non-hydrogen) atoms. The van der Waals surface area contributed by atoms with E-state index in [1.807, 2.05) is 62.4 Å². The molecule has 4 nitrogen and oxygen atoms in total. The number of fused-ring (bicyclic) bond motifs is 1. The first-order valence-electron chi connectivity index (χ1n) is 12.4. The van der Waals surface area contributed by atoms with Crippen LogP contribution in [0, 0.1) is 13.8 Å². The largest absolute Gasteiger partial charge is 0.455 e. The van der Waals surface area contributed by atoms with Crippen LogP contribution >= 0.6 is 22.9 Å². The number of furan rings is 1. The van der Waals surface area contributed by atoms with Gasteiger partial charge < -0.3 is 9.73 Å². The zero-order valence-corrected chi connectivity index (χ0v) is 22.1. The molecule has 1 amide bonds. The van der Waals surface area contributed by atoms with E-state index in [0.717, 1.165) is 64.4 Å². The maximum atomic E-state index is 13.6. The van der Waals surface area contributed by atoms with Gasteiger partial charge in [0.2, 0.25) is 0 Å². The molecule has 0 radical (unpaired) electrons. The molecule has 2 aromatic heterocycles. The number of carbonyl (C=O) groups excluding carboxylic acids is 1. The minimum Gasteiger partial charge on any atom is -0.455 e. The number of hydrogen-bond acceptors (Lipinski definition) is 4. The van der Waals surface area contributed by atoms with Crippen molar-refractivity contribution < 1.29 is 9.21 Å². The molecular weight excluding hydrogens is 488 g/mol. The van der Waals surface area contributed by atoms with Crippen molar-refractivity contribution in [3.8, 4) is 11.3 Å². The van der Waals surface area contributed by atoms with Crippen LogP contribution in [0.15, 0.2) is 64.0 Å². The molecule has 5 rings (SSSR count). The Morgan fingerprint density at radius 3 is 2.58 bits per heavy atom. The van der Waals surface area contributed by atoms with Gasteiger partial charge >= 0.3 is 0 Å². The molecule has 184 valence electrons. The van der Waals surface area contributed by atoms with Gasteiger partial charge in [0, 0.05) is 21.2 Å². The summed E-state index contributed by atoms with van der Waals surface area (Å²) in [5.41, 5.74) is 5.83. The highest BCUT2D eigenvalue weighted by Crippen LogP contribution is 2.39. The summed E-state index contributed by atoms with van der Waals surface area (Å²) < 4.78 is 6.01. The SMILES string of the molecule is Cc1ccc(C)c(NC(=O)c2c(N=Cc3ccc(-c4ccc(Cl)cc4)o3)sc3c2CCCCCC3)c1. The van der Waals surface area contributed by atoms with E-state index in [-0.39, 0.29) is 5.91 Å². The van der Waals surface area contributed by atoms with E-state index in [1.54, 1.807) is 17.6 Å². The van der Waals surface area contributed by atoms with Crippen molar-refractivity contribution in [2.45, 2.75) is 52.4 Å². The van der Waals surface area contributed by atoms with E-state index in [9.17, 15) is 4.79 Å². The monoisotopic (exact) mass is 516 g/mol. The molecule has 0 saturated carbocycles. The van der Waals surface area contributed by atoms with Crippen molar-refractivity contribution in [1.29, 1.82) is 0 Å². The summed E-state index contributed by atoms with van der Waals surface area (Å²) in [5.74, 6) is 1.30. The molecular formula is C30H29ClN2O2S. The van der Waals surface area contributed by atoms with Gasteiger partial charge in [-0.25, -0.2) is 4.99 Å². The van der Waals surface area contributed by atoms with Crippen LogP contribution in [0.1, 0.15) is 63.4 Å². The Bertz CT molecular complexity index is 1420. The second-order valence-electron chi connectivity index (χ2n) is 9.34. The number of nitrogens with zero attached hydrogens (tertiary/aromatic N) is 1. The van der Waals surface area contributed by atoms with Crippen LogP contribution in [0.4, 0.5) is 10.7 Å². The number of thiophene rings is 1. The fourth-order valence-electron chi connectivity index (χ4n) is 4.60. The van der Waals surface area contributed by atoms with Crippen molar-refractivity contribution in [2.75, 3.05) is 5.32 Å². The number of benzene rings is 2. The molecule has 0 bridgehead atoms. The van der Waals surface area contributed by atoms with Crippen LogP contribution in [-0.4, -0.2) is 12.1 Å². The molecule has 1 N–H and O–H groups in total. The molecule has 0 unspecified atom stereocenters. The standard InChI is InChI=1S/C30H29ClN2O2S/c1-19-9-10-20(2)25(17-19)33-29(34)28-24-7-5-3-4-6-8-27(24)36-30(28)32-18-23-15-16-26(35-23)21-11-13-22(31)14-12-21/h9-18H,3-8H2,1-2H3,(H,33,34). The number of anilines is 1. The Labute approximate surface area is 221 Å². The zero-order valence-electron chi connectivity index (χ0n) is 20.6. The van der Waals surface area contributed by atoms with Gasteiger partial charge in [0.25, 0.3) is 5.91 Å². The van der Waals surface area contributed by atoms with Crippen molar-refractivity contribution in [3.63, 3.8) is 0 Å². The third kappa shape index (κ3) is 5.48. The first-order valence-corrected chi connectivity index (χ1v) is 13.6. The van der Waals surface area contributed by atoms with Crippen molar-refractivity contribution >= 4 is 45.7 Å². The van der Waals surface area contributed by atoms with Gasteiger partial charge in [-0.3, -0.25) is 4.79 Å². The molecule has 1 aliphatic rings. The maximum absolute atomic E-state index is 13.6. The van der Waals surface area contributed by atoms with Gasteiger partial charge in [-0.15, -0.1) is 11.3 Å². The Balaban J connectivity index is 1.47.